The molecule has 0 spiro atoms. The summed E-state index contributed by atoms with van der Waals surface area (Å²) in [6, 6.07) is 18.7. The lowest BCUT2D eigenvalue weighted by Crippen LogP contribution is -2.19. The summed E-state index contributed by atoms with van der Waals surface area (Å²) in [5, 5.41) is 15.9. The molecule has 0 heterocycles. The average Bonchev–Trinajstić information content (AvgIpc) is 2.59. The fourth-order valence-corrected chi connectivity index (χ4v) is 2.68. The summed E-state index contributed by atoms with van der Waals surface area (Å²) in [5.41, 5.74) is 3.98. The molecule has 3 rings (SSSR count). The molecule has 0 atom stereocenters. The van der Waals surface area contributed by atoms with E-state index in [4.69, 9.17) is 0 Å². The normalized spacial score (nSPS) is 11.0. The molecule has 0 aliphatic carbocycles. The van der Waals surface area contributed by atoms with Crippen LogP contribution < -0.4 is 5.43 Å². The van der Waals surface area contributed by atoms with Gasteiger partial charge >= 0.3 is 0 Å². The fourth-order valence-electron chi connectivity index (χ4n) is 2.42. The van der Waals surface area contributed by atoms with Gasteiger partial charge in [-0.25, -0.2) is 5.43 Å². The minimum atomic E-state index is -0.215. The lowest BCUT2D eigenvalue weighted by molar-refractivity contribution is -0.120. The number of hydrogen-bond donors (Lipinski definition) is 2. The molecule has 0 bridgehead atoms. The smallest absolute Gasteiger partial charge is 0.244 e. The largest absolute Gasteiger partial charge is 0.507 e. The number of benzene rings is 3. The van der Waals surface area contributed by atoms with Crippen molar-refractivity contribution in [2.75, 3.05) is 0 Å². The maximum absolute atomic E-state index is 11.9. The molecule has 0 saturated heterocycles. The molecule has 0 unspecified atom stereocenters. The van der Waals surface area contributed by atoms with Crippen LogP contribution in [0.15, 0.2) is 70.2 Å². The third-order valence-electron chi connectivity index (χ3n) is 3.61. The van der Waals surface area contributed by atoms with Crippen molar-refractivity contribution in [3.63, 3.8) is 0 Å². The number of fused-ring (bicyclic) bond motifs is 1. The number of carbonyl (C=O) groups is 1. The van der Waals surface area contributed by atoms with Gasteiger partial charge in [0.1, 0.15) is 5.75 Å². The van der Waals surface area contributed by atoms with E-state index in [0.29, 0.717) is 5.56 Å². The van der Waals surface area contributed by atoms with Crippen LogP contribution in [0.3, 0.4) is 0 Å². The van der Waals surface area contributed by atoms with Crippen LogP contribution in [0.25, 0.3) is 10.8 Å². The number of rotatable bonds is 4. The quantitative estimate of drug-likeness (QED) is 0.529. The Morgan fingerprint density at radius 1 is 1.08 bits per heavy atom. The number of hydrazone groups is 1. The zero-order valence-corrected chi connectivity index (χ0v) is 14.3. The first-order valence-electron chi connectivity index (χ1n) is 7.40. The van der Waals surface area contributed by atoms with E-state index < -0.39 is 0 Å². The number of aromatic hydroxyl groups is 1. The Morgan fingerprint density at radius 2 is 1.83 bits per heavy atom. The average molecular weight is 383 g/mol. The Balaban J connectivity index is 1.71. The molecule has 5 heteroatoms. The highest BCUT2D eigenvalue weighted by Gasteiger charge is 2.05. The second-order valence-electron chi connectivity index (χ2n) is 5.32. The van der Waals surface area contributed by atoms with Gasteiger partial charge in [0.2, 0.25) is 5.91 Å². The number of phenolic OH excluding ortho intramolecular Hbond substituents is 1. The van der Waals surface area contributed by atoms with Gasteiger partial charge in [-0.3, -0.25) is 4.79 Å². The minimum Gasteiger partial charge on any atom is -0.507 e. The first-order valence-corrected chi connectivity index (χ1v) is 8.20. The van der Waals surface area contributed by atoms with E-state index in [2.05, 4.69) is 26.5 Å². The van der Waals surface area contributed by atoms with E-state index in [9.17, 15) is 9.90 Å². The third-order valence-corrected chi connectivity index (χ3v) is 4.14. The van der Waals surface area contributed by atoms with Crippen molar-refractivity contribution < 1.29 is 9.90 Å². The summed E-state index contributed by atoms with van der Waals surface area (Å²) in [4.78, 5) is 11.9. The van der Waals surface area contributed by atoms with E-state index in [-0.39, 0.29) is 18.1 Å². The van der Waals surface area contributed by atoms with Crippen molar-refractivity contribution in [2.45, 2.75) is 6.42 Å². The van der Waals surface area contributed by atoms with Crippen LogP contribution in [-0.4, -0.2) is 17.2 Å². The molecule has 3 aromatic rings. The van der Waals surface area contributed by atoms with Gasteiger partial charge in [0, 0.05) is 10.0 Å². The molecule has 4 nitrogen and oxygen atoms in total. The van der Waals surface area contributed by atoms with Crippen molar-refractivity contribution in [1.82, 2.24) is 5.43 Å². The molecule has 0 aliphatic rings. The number of halogens is 1. The lowest BCUT2D eigenvalue weighted by atomic mass is 10.0. The summed E-state index contributed by atoms with van der Waals surface area (Å²) in [6.45, 7) is 0. The number of phenols is 1. The Morgan fingerprint density at radius 3 is 2.62 bits per heavy atom. The molecular weight excluding hydrogens is 368 g/mol. The van der Waals surface area contributed by atoms with Gasteiger partial charge < -0.3 is 5.11 Å². The standard InChI is InChI=1S/C19H15BrN2O2/c20-15-8-5-13(6-9-15)11-19(24)22-21-12-17-16-4-2-1-3-14(16)7-10-18(17)23/h1-10,12,23H,11H2,(H,22,24)/b21-12+. The molecule has 3 aromatic carbocycles. The van der Waals surface area contributed by atoms with Crippen molar-refractivity contribution >= 4 is 38.8 Å². The summed E-state index contributed by atoms with van der Waals surface area (Å²) in [6.07, 6.45) is 1.71. The third kappa shape index (κ3) is 3.81. The van der Waals surface area contributed by atoms with E-state index in [1.807, 2.05) is 54.6 Å². The Bertz CT molecular complexity index is 905. The van der Waals surface area contributed by atoms with Gasteiger partial charge in [0.25, 0.3) is 0 Å². The first-order chi connectivity index (χ1) is 11.6. The van der Waals surface area contributed by atoms with Crippen LogP contribution in [-0.2, 0) is 11.2 Å². The van der Waals surface area contributed by atoms with Crippen molar-refractivity contribution in [2.24, 2.45) is 5.10 Å². The van der Waals surface area contributed by atoms with Crippen LogP contribution in [0.2, 0.25) is 0 Å². The van der Waals surface area contributed by atoms with Crippen molar-refractivity contribution in [3.05, 3.63) is 76.3 Å². The zero-order chi connectivity index (χ0) is 16.9. The predicted octanol–water partition coefficient (Wildman–Crippen LogP) is 4.00. The summed E-state index contributed by atoms with van der Waals surface area (Å²) in [7, 11) is 0. The Labute approximate surface area is 148 Å². The summed E-state index contributed by atoms with van der Waals surface area (Å²) < 4.78 is 0.969. The molecule has 1 amide bonds. The van der Waals surface area contributed by atoms with Crippen LogP contribution in [0.4, 0.5) is 0 Å². The number of nitrogens with one attached hydrogen (secondary N) is 1. The van der Waals surface area contributed by atoms with Crippen molar-refractivity contribution in [1.29, 1.82) is 0 Å². The van der Waals surface area contributed by atoms with Gasteiger partial charge in [0.05, 0.1) is 12.6 Å². The molecule has 0 saturated carbocycles. The van der Waals surface area contributed by atoms with Crippen molar-refractivity contribution in [3.8, 4) is 5.75 Å². The zero-order valence-electron chi connectivity index (χ0n) is 12.7. The highest BCUT2D eigenvalue weighted by Crippen LogP contribution is 2.25. The van der Waals surface area contributed by atoms with Gasteiger partial charge in [-0.15, -0.1) is 0 Å². The number of amides is 1. The van der Waals surface area contributed by atoms with Crippen LogP contribution in [0.5, 0.6) is 5.75 Å². The Kier molecular flexibility index (Phi) is 4.91. The molecule has 0 aliphatic heterocycles. The van der Waals surface area contributed by atoms with Gasteiger partial charge in [-0.1, -0.05) is 58.4 Å². The second-order valence-corrected chi connectivity index (χ2v) is 6.23. The van der Waals surface area contributed by atoms with E-state index in [0.717, 1.165) is 20.8 Å². The van der Waals surface area contributed by atoms with Gasteiger partial charge in [0.15, 0.2) is 0 Å². The monoisotopic (exact) mass is 382 g/mol. The Hall–Kier alpha value is -2.66. The van der Waals surface area contributed by atoms with Crippen LogP contribution >= 0.6 is 15.9 Å². The van der Waals surface area contributed by atoms with Crippen LogP contribution in [0.1, 0.15) is 11.1 Å². The topological polar surface area (TPSA) is 61.7 Å². The molecule has 120 valence electrons. The number of carbonyl (C=O) groups excluding carboxylic acids is 1. The van der Waals surface area contributed by atoms with E-state index in [1.165, 1.54) is 6.21 Å². The maximum Gasteiger partial charge on any atom is 0.244 e. The fraction of sp³-hybridized carbons (Fsp3) is 0.0526. The molecule has 24 heavy (non-hydrogen) atoms. The molecule has 2 N–H and O–H groups in total. The van der Waals surface area contributed by atoms with E-state index in [1.54, 1.807) is 6.07 Å². The maximum atomic E-state index is 11.9. The molecule has 0 radical (unpaired) electrons. The highest BCUT2D eigenvalue weighted by molar-refractivity contribution is 9.10. The minimum absolute atomic E-state index is 0.125. The van der Waals surface area contributed by atoms with Gasteiger partial charge in [-0.05, 0) is 34.5 Å². The number of hydrogen-bond acceptors (Lipinski definition) is 3. The molecular formula is C19H15BrN2O2. The second kappa shape index (κ2) is 7.27. The molecule has 0 aromatic heterocycles. The van der Waals surface area contributed by atoms with Gasteiger partial charge in [-0.2, -0.15) is 5.10 Å². The SMILES string of the molecule is O=C(Cc1ccc(Br)cc1)N/N=C/c1c(O)ccc2ccccc12. The van der Waals surface area contributed by atoms with Crippen LogP contribution in [0, 0.1) is 0 Å². The lowest BCUT2D eigenvalue weighted by Gasteiger charge is -2.05. The predicted molar refractivity (Wildman–Crippen MR) is 99.2 cm³/mol. The summed E-state index contributed by atoms with van der Waals surface area (Å²) in [5.74, 6) is -0.0899. The number of nitrogens with zero attached hydrogens (tertiary/aromatic N) is 1. The highest BCUT2D eigenvalue weighted by atomic mass is 79.9. The first kappa shape index (κ1) is 16.2. The summed E-state index contributed by atoms with van der Waals surface area (Å²) >= 11 is 3.36. The molecule has 0 fully saturated rings. The van der Waals surface area contributed by atoms with E-state index >= 15 is 0 Å².